The van der Waals surface area contributed by atoms with Crippen molar-refractivity contribution in [3.63, 3.8) is 0 Å². The van der Waals surface area contributed by atoms with Gasteiger partial charge in [-0.25, -0.2) is 0 Å². The van der Waals surface area contributed by atoms with Crippen LogP contribution in [0.5, 0.6) is 0 Å². The Labute approximate surface area is 163 Å². The molecule has 1 atom stereocenters. The summed E-state index contributed by atoms with van der Waals surface area (Å²) in [6.07, 6.45) is 4.19. The maximum atomic E-state index is 3.49. The highest BCUT2D eigenvalue weighted by Crippen LogP contribution is 2.42. The molecule has 1 heterocycles. The van der Waals surface area contributed by atoms with Crippen LogP contribution in [0.2, 0.25) is 0 Å². The van der Waals surface area contributed by atoms with Crippen molar-refractivity contribution in [2.24, 2.45) is 5.92 Å². The quantitative estimate of drug-likeness (QED) is 0.809. The third-order valence-electron chi connectivity index (χ3n) is 5.48. The van der Waals surface area contributed by atoms with E-state index in [0.717, 1.165) is 19.0 Å². The molecule has 2 aliphatic rings. The summed E-state index contributed by atoms with van der Waals surface area (Å²) < 4.78 is 0. The summed E-state index contributed by atoms with van der Waals surface area (Å²) in [6, 6.07) is 20.6. The fourth-order valence-electron chi connectivity index (χ4n) is 4.03. The molecule has 0 bridgehead atoms. The summed E-state index contributed by atoms with van der Waals surface area (Å²) in [5.41, 5.74) is 4.18. The lowest BCUT2D eigenvalue weighted by atomic mass is 9.76. The molecule has 0 spiro atoms. The summed E-state index contributed by atoms with van der Waals surface area (Å²) >= 11 is 0. The molecule has 1 saturated heterocycles. The summed E-state index contributed by atoms with van der Waals surface area (Å²) in [7, 11) is 0. The Hall–Kier alpha value is -1.06. The minimum absolute atomic E-state index is 0. The summed E-state index contributed by atoms with van der Waals surface area (Å²) in [5, 5.41) is 3.49. The number of rotatable bonds is 4. The standard InChI is InChI=1S/C21H26N2.2ClH/c1-2-6-17(7-3-1)19-10-5-11-20(16-19)21(18-8-4-9-18)23-14-12-22-13-15-23;;/h1-3,5-7,10-11,16,18,21-22H,4,8-9,12-15H2;2*1H/t21-;;/m1../s1. The van der Waals surface area contributed by atoms with Gasteiger partial charge in [0.15, 0.2) is 0 Å². The molecule has 2 fully saturated rings. The monoisotopic (exact) mass is 378 g/mol. The highest BCUT2D eigenvalue weighted by molar-refractivity contribution is 5.85. The Kier molecular flexibility index (Phi) is 7.77. The molecule has 2 aromatic rings. The lowest BCUT2D eigenvalue weighted by Crippen LogP contribution is -2.47. The Morgan fingerprint density at radius 2 is 1.52 bits per heavy atom. The molecule has 4 rings (SSSR count). The number of benzene rings is 2. The van der Waals surface area contributed by atoms with Crippen molar-refractivity contribution in [3.8, 4) is 11.1 Å². The maximum absolute atomic E-state index is 3.49. The predicted molar refractivity (Wildman–Crippen MR) is 111 cm³/mol. The zero-order valence-electron chi connectivity index (χ0n) is 14.6. The van der Waals surface area contributed by atoms with Gasteiger partial charge in [-0.1, -0.05) is 55.0 Å². The van der Waals surface area contributed by atoms with E-state index in [1.54, 1.807) is 0 Å². The minimum Gasteiger partial charge on any atom is -0.314 e. The lowest BCUT2D eigenvalue weighted by molar-refractivity contribution is 0.0837. The van der Waals surface area contributed by atoms with Crippen LogP contribution < -0.4 is 5.32 Å². The van der Waals surface area contributed by atoms with Crippen molar-refractivity contribution >= 4 is 24.8 Å². The first-order valence-corrected chi connectivity index (χ1v) is 9.02. The molecule has 1 saturated carbocycles. The SMILES string of the molecule is Cl.Cl.c1ccc(-c2cccc([C@@H](C3CCC3)N3CCNCC3)c2)cc1. The first kappa shape index (κ1) is 20.3. The van der Waals surface area contributed by atoms with Crippen molar-refractivity contribution in [1.82, 2.24) is 10.2 Å². The van der Waals surface area contributed by atoms with Crippen LogP contribution >= 0.6 is 24.8 Å². The van der Waals surface area contributed by atoms with Gasteiger partial charge in [-0.3, -0.25) is 4.90 Å². The van der Waals surface area contributed by atoms with E-state index >= 15 is 0 Å². The van der Waals surface area contributed by atoms with Crippen LogP contribution in [0.4, 0.5) is 0 Å². The third kappa shape index (κ3) is 4.57. The molecule has 0 unspecified atom stereocenters. The normalized spacial score (nSPS) is 19.2. The topological polar surface area (TPSA) is 15.3 Å². The number of nitrogens with one attached hydrogen (secondary N) is 1. The second-order valence-electron chi connectivity index (χ2n) is 6.91. The van der Waals surface area contributed by atoms with Gasteiger partial charge in [-0.05, 0) is 41.5 Å². The van der Waals surface area contributed by atoms with E-state index in [2.05, 4.69) is 64.8 Å². The van der Waals surface area contributed by atoms with E-state index in [-0.39, 0.29) is 24.8 Å². The predicted octanol–water partition coefficient (Wildman–Crippen LogP) is 4.94. The maximum Gasteiger partial charge on any atom is 0.0377 e. The zero-order valence-corrected chi connectivity index (χ0v) is 16.2. The van der Waals surface area contributed by atoms with Gasteiger partial charge in [0.05, 0.1) is 0 Å². The number of nitrogens with zero attached hydrogens (tertiary/aromatic N) is 1. The minimum atomic E-state index is 0. The Morgan fingerprint density at radius 3 is 2.16 bits per heavy atom. The molecule has 1 N–H and O–H groups in total. The molecule has 0 amide bonds. The number of halogens is 2. The van der Waals surface area contributed by atoms with Crippen molar-refractivity contribution in [3.05, 3.63) is 60.2 Å². The molecular formula is C21H28Cl2N2. The number of hydrogen-bond acceptors (Lipinski definition) is 2. The molecule has 2 nitrogen and oxygen atoms in total. The Balaban J connectivity index is 0.00000113. The van der Waals surface area contributed by atoms with Crippen LogP contribution in [-0.4, -0.2) is 31.1 Å². The van der Waals surface area contributed by atoms with Gasteiger partial charge in [0.1, 0.15) is 0 Å². The van der Waals surface area contributed by atoms with Crippen LogP contribution in [0.25, 0.3) is 11.1 Å². The van der Waals surface area contributed by atoms with E-state index in [1.165, 1.54) is 49.0 Å². The van der Waals surface area contributed by atoms with Crippen LogP contribution in [0.3, 0.4) is 0 Å². The summed E-state index contributed by atoms with van der Waals surface area (Å²) in [4.78, 5) is 2.71. The zero-order chi connectivity index (χ0) is 15.5. The highest BCUT2D eigenvalue weighted by atomic mass is 35.5. The van der Waals surface area contributed by atoms with Crippen molar-refractivity contribution in [1.29, 1.82) is 0 Å². The van der Waals surface area contributed by atoms with Crippen molar-refractivity contribution in [2.45, 2.75) is 25.3 Å². The van der Waals surface area contributed by atoms with Gasteiger partial charge >= 0.3 is 0 Å². The van der Waals surface area contributed by atoms with Crippen LogP contribution in [0.15, 0.2) is 54.6 Å². The molecule has 1 aliphatic carbocycles. The average molecular weight is 379 g/mol. The second kappa shape index (κ2) is 9.59. The largest absolute Gasteiger partial charge is 0.314 e. The van der Waals surface area contributed by atoms with E-state index in [4.69, 9.17) is 0 Å². The number of piperazine rings is 1. The molecule has 136 valence electrons. The molecule has 0 radical (unpaired) electrons. The van der Waals surface area contributed by atoms with E-state index in [1.807, 2.05) is 0 Å². The van der Waals surface area contributed by atoms with Gasteiger partial charge in [0.25, 0.3) is 0 Å². The van der Waals surface area contributed by atoms with Gasteiger partial charge in [0.2, 0.25) is 0 Å². The summed E-state index contributed by atoms with van der Waals surface area (Å²) in [5.74, 6) is 0.846. The lowest BCUT2D eigenvalue weighted by Gasteiger charge is -2.43. The summed E-state index contributed by atoms with van der Waals surface area (Å²) in [6.45, 7) is 4.61. The van der Waals surface area contributed by atoms with E-state index in [9.17, 15) is 0 Å². The van der Waals surface area contributed by atoms with E-state index in [0.29, 0.717) is 6.04 Å². The number of hydrogen-bond donors (Lipinski definition) is 1. The van der Waals surface area contributed by atoms with Gasteiger partial charge in [-0.2, -0.15) is 0 Å². The van der Waals surface area contributed by atoms with Crippen LogP contribution in [0.1, 0.15) is 30.9 Å². The highest BCUT2D eigenvalue weighted by Gasteiger charge is 2.33. The Bertz CT molecular complexity index is 637. The smallest absolute Gasteiger partial charge is 0.0377 e. The molecule has 0 aromatic heterocycles. The van der Waals surface area contributed by atoms with Crippen molar-refractivity contribution in [2.75, 3.05) is 26.2 Å². The van der Waals surface area contributed by atoms with Gasteiger partial charge < -0.3 is 5.32 Å². The molecule has 2 aromatic carbocycles. The fourth-order valence-corrected chi connectivity index (χ4v) is 4.03. The first-order chi connectivity index (χ1) is 11.4. The average Bonchev–Trinajstić information content (AvgIpc) is 2.59. The molecular weight excluding hydrogens is 351 g/mol. The molecule has 4 heteroatoms. The Morgan fingerprint density at radius 1 is 0.840 bits per heavy atom. The fraction of sp³-hybridized carbons (Fsp3) is 0.429. The van der Waals surface area contributed by atoms with Gasteiger partial charge in [0, 0.05) is 32.2 Å². The molecule has 25 heavy (non-hydrogen) atoms. The second-order valence-corrected chi connectivity index (χ2v) is 6.91. The molecule has 1 aliphatic heterocycles. The van der Waals surface area contributed by atoms with Crippen molar-refractivity contribution < 1.29 is 0 Å². The van der Waals surface area contributed by atoms with Crippen LogP contribution in [0, 0.1) is 5.92 Å². The van der Waals surface area contributed by atoms with Crippen LogP contribution in [-0.2, 0) is 0 Å². The third-order valence-corrected chi connectivity index (χ3v) is 5.48. The van der Waals surface area contributed by atoms with E-state index < -0.39 is 0 Å². The van der Waals surface area contributed by atoms with Gasteiger partial charge in [-0.15, -0.1) is 24.8 Å². The first-order valence-electron chi connectivity index (χ1n) is 9.02.